The van der Waals surface area contributed by atoms with Crippen LogP contribution in [0.1, 0.15) is 36.2 Å². The maximum Gasteiger partial charge on any atom is 0.185 e. The fraction of sp³-hybridized carbons (Fsp3) is 0.550. The molecule has 140 valence electrons. The highest BCUT2D eigenvalue weighted by Gasteiger charge is 2.27. The molecular weight excluding hydrogens is 346 g/mol. The molecule has 2 aliphatic heterocycles. The van der Waals surface area contributed by atoms with Gasteiger partial charge in [-0.15, -0.1) is 11.3 Å². The summed E-state index contributed by atoms with van der Waals surface area (Å²) in [5.41, 5.74) is 1.39. The number of ether oxygens (including phenoxy) is 2. The van der Waals surface area contributed by atoms with E-state index >= 15 is 0 Å². The van der Waals surface area contributed by atoms with Gasteiger partial charge < -0.3 is 14.4 Å². The molecule has 0 unspecified atom stereocenters. The first-order valence-corrected chi connectivity index (χ1v) is 10.4. The lowest BCUT2D eigenvalue weighted by molar-refractivity contribution is 0.122. The first-order chi connectivity index (χ1) is 12.8. The third-order valence-corrected chi connectivity index (χ3v) is 6.16. The molecular formula is C20H27N3O2S. The second-order valence-electron chi connectivity index (χ2n) is 6.84. The van der Waals surface area contributed by atoms with Crippen molar-refractivity contribution in [1.82, 2.24) is 9.88 Å². The maximum absolute atomic E-state index is 5.57. The number of hydrogen-bond acceptors (Lipinski definition) is 6. The summed E-state index contributed by atoms with van der Waals surface area (Å²) in [6.07, 6.45) is 4.54. The lowest BCUT2D eigenvalue weighted by atomic mass is 10.0. The summed E-state index contributed by atoms with van der Waals surface area (Å²) in [7, 11) is 0. The molecule has 0 saturated carbocycles. The number of morpholine rings is 1. The third-order valence-electron chi connectivity index (χ3n) is 5.12. The van der Waals surface area contributed by atoms with Gasteiger partial charge in [0.05, 0.1) is 19.8 Å². The van der Waals surface area contributed by atoms with Crippen LogP contribution >= 0.6 is 11.3 Å². The van der Waals surface area contributed by atoms with E-state index in [0.29, 0.717) is 12.6 Å². The van der Waals surface area contributed by atoms with Crippen LogP contribution in [0.5, 0.6) is 5.75 Å². The minimum absolute atomic E-state index is 0.500. The highest BCUT2D eigenvalue weighted by molar-refractivity contribution is 7.15. The zero-order valence-corrected chi connectivity index (χ0v) is 16.2. The van der Waals surface area contributed by atoms with E-state index in [-0.39, 0.29) is 0 Å². The normalized spacial score (nSPS) is 21.3. The van der Waals surface area contributed by atoms with Gasteiger partial charge in [0.15, 0.2) is 5.13 Å². The molecule has 6 heteroatoms. The first-order valence-electron chi connectivity index (χ1n) is 9.57. The number of benzene rings is 1. The molecule has 0 amide bonds. The summed E-state index contributed by atoms with van der Waals surface area (Å²) in [6, 6.07) is 9.14. The van der Waals surface area contributed by atoms with E-state index in [1.807, 2.05) is 18.3 Å². The Morgan fingerprint density at radius 3 is 2.77 bits per heavy atom. The zero-order chi connectivity index (χ0) is 17.8. The van der Waals surface area contributed by atoms with Crippen molar-refractivity contribution in [1.29, 1.82) is 0 Å². The van der Waals surface area contributed by atoms with Crippen LogP contribution in [0.3, 0.4) is 0 Å². The van der Waals surface area contributed by atoms with Crippen molar-refractivity contribution in [2.24, 2.45) is 0 Å². The van der Waals surface area contributed by atoms with Crippen molar-refractivity contribution in [2.75, 3.05) is 44.4 Å². The molecule has 4 rings (SSSR count). The largest absolute Gasteiger partial charge is 0.494 e. The molecule has 2 aromatic rings. The molecule has 0 bridgehead atoms. The fourth-order valence-electron chi connectivity index (χ4n) is 3.82. The summed E-state index contributed by atoms with van der Waals surface area (Å²) >= 11 is 1.83. The molecule has 3 heterocycles. The predicted octanol–water partition coefficient (Wildman–Crippen LogP) is 3.72. The Bertz CT molecular complexity index is 697. The highest BCUT2D eigenvalue weighted by atomic mass is 32.1. The van der Waals surface area contributed by atoms with Crippen molar-refractivity contribution in [2.45, 2.75) is 32.4 Å². The molecule has 0 spiro atoms. The Morgan fingerprint density at radius 2 is 2.00 bits per heavy atom. The molecule has 2 saturated heterocycles. The standard InChI is InChI=1S/C20H27N3O2S/c1-2-25-17-7-5-16(6-8-17)19-4-3-9-23(19)15-18-14-21-20(26-18)22-10-12-24-13-11-22/h5-8,14,19H,2-4,9-13,15H2,1H3/t19-/m1/s1. The van der Waals surface area contributed by atoms with Crippen LogP contribution < -0.4 is 9.64 Å². The summed E-state index contributed by atoms with van der Waals surface area (Å²) in [5, 5.41) is 1.14. The molecule has 5 nitrogen and oxygen atoms in total. The van der Waals surface area contributed by atoms with Gasteiger partial charge in [-0.25, -0.2) is 4.98 Å². The van der Waals surface area contributed by atoms with Crippen molar-refractivity contribution in [3.63, 3.8) is 0 Å². The number of aromatic nitrogens is 1. The van der Waals surface area contributed by atoms with Crippen LogP contribution in [0.4, 0.5) is 5.13 Å². The Morgan fingerprint density at radius 1 is 1.19 bits per heavy atom. The number of rotatable bonds is 6. The summed E-state index contributed by atoms with van der Waals surface area (Å²) in [6.45, 7) is 8.39. The van der Waals surface area contributed by atoms with Crippen molar-refractivity contribution < 1.29 is 9.47 Å². The van der Waals surface area contributed by atoms with Gasteiger partial charge in [-0.3, -0.25) is 4.90 Å². The van der Waals surface area contributed by atoms with E-state index < -0.39 is 0 Å². The smallest absolute Gasteiger partial charge is 0.185 e. The quantitative estimate of drug-likeness (QED) is 0.772. The van der Waals surface area contributed by atoms with Gasteiger partial charge in [0.2, 0.25) is 0 Å². The Hall–Kier alpha value is -1.63. The molecule has 0 aliphatic carbocycles. The Balaban J connectivity index is 1.41. The Kier molecular flexibility index (Phi) is 5.72. The molecule has 2 aliphatic rings. The summed E-state index contributed by atoms with van der Waals surface area (Å²) in [5.74, 6) is 0.957. The monoisotopic (exact) mass is 373 g/mol. The van der Waals surface area contributed by atoms with E-state index in [1.54, 1.807) is 0 Å². The summed E-state index contributed by atoms with van der Waals surface area (Å²) in [4.78, 5) is 10.9. The van der Waals surface area contributed by atoms with E-state index in [1.165, 1.54) is 23.3 Å². The van der Waals surface area contributed by atoms with Gasteiger partial charge in [0.1, 0.15) is 5.75 Å². The molecule has 1 aromatic heterocycles. The second kappa shape index (κ2) is 8.37. The van der Waals surface area contributed by atoms with Crippen LogP contribution in [0.2, 0.25) is 0 Å². The third kappa shape index (κ3) is 4.03. The first kappa shape index (κ1) is 17.8. The number of hydrogen-bond donors (Lipinski definition) is 0. The second-order valence-corrected chi connectivity index (χ2v) is 7.93. The van der Waals surface area contributed by atoms with E-state index in [9.17, 15) is 0 Å². The molecule has 1 atom stereocenters. The average Bonchev–Trinajstić information content (AvgIpc) is 3.34. The van der Waals surface area contributed by atoms with E-state index in [4.69, 9.17) is 9.47 Å². The van der Waals surface area contributed by atoms with Gasteiger partial charge >= 0.3 is 0 Å². The number of likely N-dealkylation sites (tertiary alicyclic amines) is 1. The lowest BCUT2D eigenvalue weighted by Crippen LogP contribution is -2.36. The minimum Gasteiger partial charge on any atom is -0.494 e. The molecule has 0 N–H and O–H groups in total. The lowest BCUT2D eigenvalue weighted by Gasteiger charge is -2.26. The van der Waals surface area contributed by atoms with Gasteiger partial charge in [0, 0.05) is 36.8 Å². The predicted molar refractivity (Wildman–Crippen MR) is 105 cm³/mol. The molecule has 0 radical (unpaired) electrons. The SMILES string of the molecule is CCOc1ccc([C@H]2CCCN2Cc2cnc(N3CCOCC3)s2)cc1. The average molecular weight is 374 g/mol. The van der Waals surface area contributed by atoms with Crippen LogP contribution in [0.25, 0.3) is 0 Å². The maximum atomic E-state index is 5.57. The van der Waals surface area contributed by atoms with Gasteiger partial charge in [-0.1, -0.05) is 12.1 Å². The van der Waals surface area contributed by atoms with Gasteiger partial charge in [-0.05, 0) is 44.0 Å². The molecule has 1 aromatic carbocycles. The summed E-state index contributed by atoms with van der Waals surface area (Å²) < 4.78 is 11.0. The number of anilines is 1. The van der Waals surface area contributed by atoms with Gasteiger partial charge in [0.25, 0.3) is 0 Å². The Labute approximate surface area is 159 Å². The topological polar surface area (TPSA) is 37.8 Å². The van der Waals surface area contributed by atoms with Gasteiger partial charge in [-0.2, -0.15) is 0 Å². The number of thiazole rings is 1. The van der Waals surface area contributed by atoms with Crippen LogP contribution in [-0.2, 0) is 11.3 Å². The van der Waals surface area contributed by atoms with E-state index in [2.05, 4.69) is 45.2 Å². The minimum atomic E-state index is 0.500. The van der Waals surface area contributed by atoms with Crippen molar-refractivity contribution >= 4 is 16.5 Å². The fourth-order valence-corrected chi connectivity index (χ4v) is 4.80. The highest BCUT2D eigenvalue weighted by Crippen LogP contribution is 2.35. The zero-order valence-electron chi connectivity index (χ0n) is 15.4. The molecule has 26 heavy (non-hydrogen) atoms. The molecule has 2 fully saturated rings. The van der Waals surface area contributed by atoms with Crippen LogP contribution in [-0.4, -0.2) is 49.3 Å². The van der Waals surface area contributed by atoms with Crippen LogP contribution in [0.15, 0.2) is 30.5 Å². The van der Waals surface area contributed by atoms with E-state index in [0.717, 1.165) is 50.3 Å². The van der Waals surface area contributed by atoms with Crippen molar-refractivity contribution in [3.05, 3.63) is 40.9 Å². The number of nitrogens with zero attached hydrogens (tertiary/aromatic N) is 3. The van der Waals surface area contributed by atoms with Crippen molar-refractivity contribution in [3.8, 4) is 5.75 Å². The van der Waals surface area contributed by atoms with Crippen LogP contribution in [0, 0.1) is 0 Å².